The summed E-state index contributed by atoms with van der Waals surface area (Å²) in [6, 6.07) is 3.56. The smallest absolute Gasteiger partial charge is 0.245 e. The maximum absolute atomic E-state index is 12.7. The summed E-state index contributed by atoms with van der Waals surface area (Å²) < 4.78 is 1.89. The SMILES string of the molecule is CC1CC1C(=O)N1Cc2cncn2C(C(=O)NCc2cccs2)C1. The summed E-state index contributed by atoms with van der Waals surface area (Å²) in [5, 5.41) is 4.98. The summed E-state index contributed by atoms with van der Waals surface area (Å²) in [5.74, 6) is 0.708. The van der Waals surface area contributed by atoms with E-state index < -0.39 is 6.04 Å². The van der Waals surface area contributed by atoms with E-state index in [9.17, 15) is 9.59 Å². The molecular weight excluding hydrogens is 324 g/mol. The van der Waals surface area contributed by atoms with Gasteiger partial charge in [-0.2, -0.15) is 0 Å². The third kappa shape index (κ3) is 2.84. The average molecular weight is 344 g/mol. The second kappa shape index (κ2) is 6.05. The molecule has 24 heavy (non-hydrogen) atoms. The molecule has 1 aliphatic carbocycles. The van der Waals surface area contributed by atoms with E-state index in [-0.39, 0.29) is 17.7 Å². The third-order valence-corrected chi connectivity index (χ3v) is 5.76. The molecule has 0 bridgehead atoms. The maximum Gasteiger partial charge on any atom is 0.245 e. The van der Waals surface area contributed by atoms with Crippen LogP contribution in [0.4, 0.5) is 0 Å². The molecule has 2 aromatic heterocycles. The fraction of sp³-hybridized carbons (Fsp3) is 0.471. The van der Waals surface area contributed by atoms with Crippen LogP contribution < -0.4 is 5.32 Å². The van der Waals surface area contributed by atoms with Crippen molar-refractivity contribution in [1.82, 2.24) is 19.8 Å². The van der Waals surface area contributed by atoms with Crippen LogP contribution in [0.2, 0.25) is 0 Å². The molecular formula is C17H20N4O2S. The van der Waals surface area contributed by atoms with Crippen molar-refractivity contribution in [2.75, 3.05) is 6.54 Å². The van der Waals surface area contributed by atoms with Gasteiger partial charge in [0.1, 0.15) is 6.04 Å². The quantitative estimate of drug-likeness (QED) is 0.920. The van der Waals surface area contributed by atoms with Crippen LogP contribution >= 0.6 is 11.3 Å². The molecule has 1 aliphatic heterocycles. The molecule has 0 radical (unpaired) electrons. The van der Waals surface area contributed by atoms with Crippen molar-refractivity contribution in [2.24, 2.45) is 11.8 Å². The van der Waals surface area contributed by atoms with Crippen LogP contribution in [0.15, 0.2) is 30.0 Å². The van der Waals surface area contributed by atoms with Crippen LogP contribution in [0, 0.1) is 11.8 Å². The van der Waals surface area contributed by atoms with Crippen LogP contribution in [0.3, 0.4) is 0 Å². The first kappa shape index (κ1) is 15.4. The van der Waals surface area contributed by atoms with Gasteiger partial charge in [0.15, 0.2) is 0 Å². The fourth-order valence-electron chi connectivity index (χ4n) is 3.27. The highest BCUT2D eigenvalue weighted by Gasteiger charge is 2.43. The fourth-order valence-corrected chi connectivity index (χ4v) is 3.92. The minimum absolute atomic E-state index is 0.0657. The Balaban J connectivity index is 1.48. The first-order valence-corrected chi connectivity index (χ1v) is 9.11. The van der Waals surface area contributed by atoms with Crippen molar-refractivity contribution in [3.8, 4) is 0 Å². The Morgan fingerprint density at radius 1 is 1.46 bits per heavy atom. The Morgan fingerprint density at radius 2 is 2.29 bits per heavy atom. The van der Waals surface area contributed by atoms with Crippen molar-refractivity contribution < 1.29 is 9.59 Å². The number of imidazole rings is 1. The monoisotopic (exact) mass is 344 g/mol. The van der Waals surface area contributed by atoms with Crippen LogP contribution in [-0.2, 0) is 22.7 Å². The summed E-state index contributed by atoms with van der Waals surface area (Å²) in [4.78, 5) is 32.4. The molecule has 1 fully saturated rings. The van der Waals surface area contributed by atoms with E-state index in [1.807, 2.05) is 27.0 Å². The summed E-state index contributed by atoms with van der Waals surface area (Å²) >= 11 is 1.62. The van der Waals surface area contributed by atoms with Gasteiger partial charge in [-0.25, -0.2) is 4.98 Å². The summed E-state index contributed by atoms with van der Waals surface area (Å²) in [5.41, 5.74) is 0.916. The van der Waals surface area contributed by atoms with Gasteiger partial charge in [-0.05, 0) is 23.8 Å². The Morgan fingerprint density at radius 3 is 3.00 bits per heavy atom. The van der Waals surface area contributed by atoms with Crippen molar-refractivity contribution in [3.63, 3.8) is 0 Å². The zero-order chi connectivity index (χ0) is 16.7. The molecule has 7 heteroatoms. The van der Waals surface area contributed by atoms with E-state index >= 15 is 0 Å². The molecule has 126 valence electrons. The molecule has 2 aromatic rings. The lowest BCUT2D eigenvalue weighted by atomic mass is 10.1. The topological polar surface area (TPSA) is 67.2 Å². The number of fused-ring (bicyclic) bond motifs is 1. The van der Waals surface area contributed by atoms with E-state index in [0.29, 0.717) is 25.6 Å². The van der Waals surface area contributed by atoms with Gasteiger partial charge < -0.3 is 14.8 Å². The molecule has 0 saturated heterocycles. The lowest BCUT2D eigenvalue weighted by Crippen LogP contribution is -2.46. The average Bonchev–Trinajstić information content (AvgIpc) is 3.01. The Bertz CT molecular complexity index is 754. The van der Waals surface area contributed by atoms with Crippen LogP contribution in [-0.4, -0.2) is 32.8 Å². The molecule has 1 N–H and O–H groups in total. The number of nitrogens with one attached hydrogen (secondary N) is 1. The highest BCUT2D eigenvalue weighted by Crippen LogP contribution is 2.40. The number of thiophene rings is 1. The highest BCUT2D eigenvalue weighted by molar-refractivity contribution is 7.09. The number of carbonyl (C=O) groups is 2. The molecule has 1 saturated carbocycles. The van der Waals surface area contributed by atoms with Crippen molar-refractivity contribution in [3.05, 3.63) is 40.6 Å². The Hall–Kier alpha value is -2.15. The standard InChI is InChI=1S/C17H20N4O2S/c1-11-5-14(11)17(23)20-8-12-6-18-10-21(12)15(9-20)16(22)19-7-13-3-2-4-24-13/h2-4,6,10-11,14-15H,5,7-9H2,1H3,(H,19,22). The second-order valence-electron chi connectivity index (χ2n) is 6.64. The normalized spacial score (nSPS) is 25.2. The minimum Gasteiger partial charge on any atom is -0.349 e. The van der Waals surface area contributed by atoms with E-state index in [1.165, 1.54) is 0 Å². The van der Waals surface area contributed by atoms with Crippen LogP contribution in [0.5, 0.6) is 0 Å². The zero-order valence-corrected chi connectivity index (χ0v) is 14.3. The Kier molecular flexibility index (Phi) is 3.88. The van der Waals surface area contributed by atoms with E-state index in [4.69, 9.17) is 0 Å². The van der Waals surface area contributed by atoms with Crippen LogP contribution in [0.1, 0.15) is 30.0 Å². The number of nitrogens with zero attached hydrogens (tertiary/aromatic N) is 3. The predicted octanol–water partition coefficient (Wildman–Crippen LogP) is 1.80. The van der Waals surface area contributed by atoms with Gasteiger partial charge in [0.05, 0.1) is 31.7 Å². The van der Waals surface area contributed by atoms with E-state index in [2.05, 4.69) is 17.2 Å². The zero-order valence-electron chi connectivity index (χ0n) is 13.5. The predicted molar refractivity (Wildman–Crippen MR) is 90.1 cm³/mol. The number of aromatic nitrogens is 2. The van der Waals surface area contributed by atoms with Gasteiger partial charge in [-0.15, -0.1) is 11.3 Å². The molecule has 3 atom stereocenters. The highest BCUT2D eigenvalue weighted by atomic mass is 32.1. The first-order valence-electron chi connectivity index (χ1n) is 8.23. The van der Waals surface area contributed by atoms with Gasteiger partial charge in [0, 0.05) is 17.0 Å². The van der Waals surface area contributed by atoms with E-state index in [1.54, 1.807) is 23.9 Å². The molecule has 2 amide bonds. The van der Waals surface area contributed by atoms with Crippen molar-refractivity contribution in [2.45, 2.75) is 32.5 Å². The molecule has 2 aliphatic rings. The number of rotatable bonds is 4. The van der Waals surface area contributed by atoms with Crippen molar-refractivity contribution >= 4 is 23.2 Å². The van der Waals surface area contributed by atoms with Gasteiger partial charge in [0.2, 0.25) is 11.8 Å². The third-order valence-electron chi connectivity index (χ3n) is 4.89. The molecule has 0 aromatic carbocycles. The van der Waals surface area contributed by atoms with E-state index in [0.717, 1.165) is 17.0 Å². The summed E-state index contributed by atoms with van der Waals surface area (Å²) in [7, 11) is 0. The van der Waals surface area contributed by atoms with Crippen LogP contribution in [0.25, 0.3) is 0 Å². The molecule has 0 spiro atoms. The minimum atomic E-state index is -0.408. The summed E-state index contributed by atoms with van der Waals surface area (Å²) in [6.45, 7) is 3.57. The lowest BCUT2D eigenvalue weighted by Gasteiger charge is -2.34. The largest absolute Gasteiger partial charge is 0.349 e. The number of hydrogen-bond acceptors (Lipinski definition) is 4. The van der Waals surface area contributed by atoms with Gasteiger partial charge in [0.25, 0.3) is 0 Å². The number of amides is 2. The van der Waals surface area contributed by atoms with Gasteiger partial charge >= 0.3 is 0 Å². The molecule has 4 rings (SSSR count). The Labute approximate surface area is 144 Å². The second-order valence-corrected chi connectivity index (χ2v) is 7.68. The molecule has 6 nitrogen and oxygen atoms in total. The lowest BCUT2D eigenvalue weighted by molar-refractivity contribution is -0.136. The molecule has 3 heterocycles. The maximum atomic E-state index is 12.7. The first-order chi connectivity index (χ1) is 11.6. The van der Waals surface area contributed by atoms with Gasteiger partial charge in [-0.3, -0.25) is 9.59 Å². The number of hydrogen-bond donors (Lipinski definition) is 1. The summed E-state index contributed by atoms with van der Waals surface area (Å²) in [6.07, 6.45) is 4.39. The number of carbonyl (C=O) groups excluding carboxylic acids is 2. The van der Waals surface area contributed by atoms with Gasteiger partial charge in [-0.1, -0.05) is 13.0 Å². The van der Waals surface area contributed by atoms with Crippen molar-refractivity contribution in [1.29, 1.82) is 0 Å². The molecule has 3 unspecified atom stereocenters.